The van der Waals surface area contributed by atoms with Crippen LogP contribution in [0.3, 0.4) is 0 Å². The third kappa shape index (κ3) is 14.8. The zero-order chi connectivity index (χ0) is 40.9. The SMILES string of the molecule is CCc1ccc(-c2ccc(C(=O)N[C@H](C(=O)OC)[C@@H](C)N=[N+]=[N-])cc2)cc1.CCc1ccc(-c2ccc(C(=O)O)cc2)cc1.COC(=O)[C@@H](N)[C@@H](C)N=[N+]=[N-].Cl. The standard InChI is InChI=1S/C20H22N4O3.C15H14O2.C5H10N4O2.ClH/c1-4-14-5-7-15(8-6-14)16-9-11-17(12-10-16)19(25)22-18(20(26)27-3)13(2)23-24-21;1-2-11-3-5-12(6-4-11)13-7-9-14(10-8-13)15(16)17;1-3(8-9-7)4(6)5(10)11-2;/h5-13,18H,4H2,1-3H3,(H,22,25);3-10H,2H2,1H3,(H,16,17);3-4H,6H2,1-2H3;1H/t13-,18+;;3-,4+;/m1.1./s1. The maximum Gasteiger partial charge on any atom is 0.335 e. The van der Waals surface area contributed by atoms with E-state index in [1.807, 2.05) is 36.4 Å². The van der Waals surface area contributed by atoms with Crippen LogP contribution in [0, 0.1) is 0 Å². The van der Waals surface area contributed by atoms with Crippen LogP contribution in [0.15, 0.2) is 107 Å². The average molecular weight is 787 g/mol. The Morgan fingerprint density at radius 3 is 1.36 bits per heavy atom. The van der Waals surface area contributed by atoms with Crippen LogP contribution in [-0.4, -0.2) is 67.3 Å². The first-order chi connectivity index (χ1) is 26.3. The lowest BCUT2D eigenvalue weighted by atomic mass is 10.0. The minimum absolute atomic E-state index is 0. The van der Waals surface area contributed by atoms with E-state index in [1.54, 1.807) is 31.2 Å². The quantitative estimate of drug-likeness (QED) is 0.0516. The number of nitrogens with one attached hydrogen (secondary N) is 1. The molecule has 296 valence electrons. The molecule has 0 saturated heterocycles. The highest BCUT2D eigenvalue weighted by atomic mass is 35.5. The number of benzene rings is 4. The molecule has 0 aliphatic carbocycles. The van der Waals surface area contributed by atoms with Crippen LogP contribution in [0.1, 0.15) is 59.5 Å². The molecule has 56 heavy (non-hydrogen) atoms. The van der Waals surface area contributed by atoms with Crippen molar-refractivity contribution in [2.45, 2.75) is 64.7 Å². The van der Waals surface area contributed by atoms with Crippen molar-refractivity contribution >= 4 is 36.2 Å². The first-order valence-corrected chi connectivity index (χ1v) is 17.3. The summed E-state index contributed by atoms with van der Waals surface area (Å²) in [4.78, 5) is 50.9. The van der Waals surface area contributed by atoms with Gasteiger partial charge in [0.15, 0.2) is 0 Å². The lowest BCUT2D eigenvalue weighted by molar-refractivity contribution is -0.143. The van der Waals surface area contributed by atoms with Gasteiger partial charge >= 0.3 is 17.9 Å². The van der Waals surface area contributed by atoms with Gasteiger partial charge in [-0.05, 0) is 81.6 Å². The van der Waals surface area contributed by atoms with Gasteiger partial charge in [-0.3, -0.25) is 9.59 Å². The molecule has 16 heteroatoms. The van der Waals surface area contributed by atoms with Gasteiger partial charge in [-0.15, -0.1) is 12.4 Å². The molecule has 0 aliphatic rings. The van der Waals surface area contributed by atoms with E-state index in [0.29, 0.717) is 11.1 Å². The normalized spacial score (nSPS) is 11.9. The van der Waals surface area contributed by atoms with Crippen molar-refractivity contribution in [2.75, 3.05) is 14.2 Å². The summed E-state index contributed by atoms with van der Waals surface area (Å²) < 4.78 is 9.01. The van der Waals surface area contributed by atoms with Gasteiger partial charge in [0, 0.05) is 15.4 Å². The minimum Gasteiger partial charge on any atom is -0.478 e. The van der Waals surface area contributed by atoms with Crippen molar-refractivity contribution in [3.8, 4) is 22.3 Å². The molecule has 4 aromatic rings. The summed E-state index contributed by atoms with van der Waals surface area (Å²) in [7, 11) is 2.44. The summed E-state index contributed by atoms with van der Waals surface area (Å²) in [5.74, 6) is -2.59. The molecule has 0 radical (unpaired) electrons. The van der Waals surface area contributed by atoms with E-state index in [4.69, 9.17) is 21.9 Å². The number of aryl methyl sites for hydroxylation is 2. The second kappa shape index (κ2) is 24.8. The van der Waals surface area contributed by atoms with Crippen molar-refractivity contribution in [2.24, 2.45) is 16.0 Å². The zero-order valence-corrected chi connectivity index (χ0v) is 32.8. The Labute approximate surface area is 331 Å². The number of azide groups is 2. The number of carboxylic acid groups (broad SMARTS) is 1. The van der Waals surface area contributed by atoms with E-state index in [1.165, 1.54) is 32.3 Å². The van der Waals surface area contributed by atoms with E-state index in [-0.39, 0.29) is 12.4 Å². The molecule has 0 saturated carbocycles. The molecule has 4 rings (SSSR count). The molecule has 15 nitrogen and oxygen atoms in total. The smallest absolute Gasteiger partial charge is 0.335 e. The number of esters is 2. The molecule has 4 atom stereocenters. The number of hydrogen-bond donors (Lipinski definition) is 3. The van der Waals surface area contributed by atoms with Crippen LogP contribution in [0.4, 0.5) is 0 Å². The third-order valence-corrected chi connectivity index (χ3v) is 8.35. The number of nitrogens with two attached hydrogens (primary N) is 1. The molecule has 0 aliphatic heterocycles. The van der Waals surface area contributed by atoms with Gasteiger partial charge in [0.2, 0.25) is 0 Å². The molecule has 0 unspecified atom stereocenters. The maximum atomic E-state index is 12.5. The lowest BCUT2D eigenvalue weighted by Crippen LogP contribution is -2.47. The molecule has 0 aromatic heterocycles. The number of carbonyl (C=O) groups is 4. The Kier molecular flexibility index (Phi) is 21.1. The van der Waals surface area contributed by atoms with Gasteiger partial charge in [-0.2, -0.15) is 0 Å². The molecule has 4 aromatic carbocycles. The summed E-state index contributed by atoms with van der Waals surface area (Å²) >= 11 is 0. The molecular formula is C40H47ClN8O7. The molecule has 0 spiro atoms. The second-order valence-corrected chi connectivity index (χ2v) is 12.0. The Balaban J connectivity index is 0.000000462. The van der Waals surface area contributed by atoms with Crippen molar-refractivity contribution < 1.29 is 33.8 Å². The number of halogens is 1. The summed E-state index contributed by atoms with van der Waals surface area (Å²) in [6, 6.07) is 27.3. The van der Waals surface area contributed by atoms with Gasteiger partial charge in [-0.1, -0.05) is 111 Å². The van der Waals surface area contributed by atoms with Crippen molar-refractivity contribution in [1.82, 2.24) is 5.32 Å². The number of carbonyl (C=O) groups excluding carboxylic acids is 3. The first-order valence-electron chi connectivity index (χ1n) is 17.3. The van der Waals surface area contributed by atoms with Crippen molar-refractivity contribution in [3.05, 3.63) is 140 Å². The highest BCUT2D eigenvalue weighted by molar-refractivity contribution is 5.97. The van der Waals surface area contributed by atoms with Crippen LogP contribution in [0.2, 0.25) is 0 Å². The number of carboxylic acids is 1. The van der Waals surface area contributed by atoms with Gasteiger partial charge in [0.25, 0.3) is 5.91 Å². The van der Waals surface area contributed by atoms with E-state index >= 15 is 0 Å². The summed E-state index contributed by atoms with van der Waals surface area (Å²) in [5, 5.41) is 18.1. The molecule has 0 fully saturated rings. The summed E-state index contributed by atoms with van der Waals surface area (Å²) in [6.45, 7) is 7.30. The van der Waals surface area contributed by atoms with Gasteiger partial charge < -0.3 is 25.6 Å². The summed E-state index contributed by atoms with van der Waals surface area (Å²) in [6.07, 6.45) is 2.01. The number of amides is 1. The van der Waals surface area contributed by atoms with Crippen LogP contribution in [0.25, 0.3) is 43.1 Å². The Morgan fingerprint density at radius 1 is 0.661 bits per heavy atom. The second-order valence-electron chi connectivity index (χ2n) is 12.0. The average Bonchev–Trinajstić information content (AvgIpc) is 3.22. The number of methoxy groups -OCH3 is 2. The molecule has 0 bridgehead atoms. The van der Waals surface area contributed by atoms with Gasteiger partial charge in [0.05, 0.1) is 31.9 Å². The fourth-order valence-electron chi connectivity index (χ4n) is 4.85. The monoisotopic (exact) mass is 786 g/mol. The van der Waals surface area contributed by atoms with E-state index in [2.05, 4.69) is 85.1 Å². The number of rotatable bonds is 13. The van der Waals surface area contributed by atoms with Gasteiger partial charge in [-0.25, -0.2) is 9.59 Å². The minimum atomic E-state index is -1.06. The topological polar surface area (TPSA) is 243 Å². The number of ether oxygens (including phenoxy) is 2. The fourth-order valence-corrected chi connectivity index (χ4v) is 4.85. The predicted octanol–water partition coefficient (Wildman–Crippen LogP) is 8.11. The molecule has 1 amide bonds. The van der Waals surface area contributed by atoms with Crippen molar-refractivity contribution in [1.29, 1.82) is 0 Å². The first kappa shape index (κ1) is 47.7. The Morgan fingerprint density at radius 2 is 1.02 bits per heavy atom. The Hall–Kier alpha value is -6.37. The van der Waals surface area contributed by atoms with E-state index in [0.717, 1.165) is 35.1 Å². The molecule has 0 heterocycles. The van der Waals surface area contributed by atoms with Crippen LogP contribution < -0.4 is 11.1 Å². The van der Waals surface area contributed by atoms with E-state index in [9.17, 15) is 19.2 Å². The number of aromatic carboxylic acids is 1. The lowest BCUT2D eigenvalue weighted by Gasteiger charge is -2.19. The fraction of sp³-hybridized carbons (Fsp3) is 0.300. The van der Waals surface area contributed by atoms with Crippen LogP contribution in [0.5, 0.6) is 0 Å². The van der Waals surface area contributed by atoms with Crippen LogP contribution in [-0.2, 0) is 31.9 Å². The predicted molar refractivity (Wildman–Crippen MR) is 217 cm³/mol. The maximum absolute atomic E-state index is 12.5. The Bertz CT molecular complexity index is 1960. The molecule has 4 N–H and O–H groups in total. The highest BCUT2D eigenvalue weighted by Crippen LogP contribution is 2.22. The largest absolute Gasteiger partial charge is 0.478 e. The third-order valence-electron chi connectivity index (χ3n) is 8.35. The number of nitrogens with zero attached hydrogens (tertiary/aromatic N) is 6. The number of hydrogen-bond acceptors (Lipinski definition) is 9. The van der Waals surface area contributed by atoms with E-state index < -0.39 is 48.0 Å². The molecular weight excluding hydrogens is 740 g/mol. The van der Waals surface area contributed by atoms with Crippen molar-refractivity contribution in [3.63, 3.8) is 0 Å². The van der Waals surface area contributed by atoms with Crippen LogP contribution >= 0.6 is 12.4 Å². The highest BCUT2D eigenvalue weighted by Gasteiger charge is 2.27. The van der Waals surface area contributed by atoms with Gasteiger partial charge in [0.1, 0.15) is 12.1 Å². The summed E-state index contributed by atoms with van der Waals surface area (Å²) in [5.41, 5.74) is 29.3. The zero-order valence-electron chi connectivity index (χ0n) is 32.0.